The molecule has 5 heteroatoms. The van der Waals surface area contributed by atoms with Gasteiger partial charge in [0.15, 0.2) is 4.77 Å². The summed E-state index contributed by atoms with van der Waals surface area (Å²) < 4.78 is 8.76. The van der Waals surface area contributed by atoms with Crippen LogP contribution in [0.5, 0.6) is 5.75 Å². The fraction of sp³-hybridized carbons (Fsp3) is 0.533. The van der Waals surface area contributed by atoms with Gasteiger partial charge in [-0.25, -0.2) is 0 Å². The van der Waals surface area contributed by atoms with Gasteiger partial charge < -0.3 is 19.2 Å². The molecule has 0 aliphatic carbocycles. The SMILES string of the molecule is CCOc1cccc2c1[nH]c(=S)n2C1CCCN(C)C1. The third-order valence-corrected chi connectivity index (χ3v) is 4.28. The topological polar surface area (TPSA) is 33.2 Å². The van der Waals surface area contributed by atoms with Crippen molar-refractivity contribution in [1.82, 2.24) is 14.5 Å². The highest BCUT2D eigenvalue weighted by atomic mass is 32.1. The Morgan fingerprint density at radius 2 is 2.30 bits per heavy atom. The summed E-state index contributed by atoms with van der Waals surface area (Å²) in [6, 6.07) is 6.61. The van der Waals surface area contributed by atoms with Gasteiger partial charge in [-0.3, -0.25) is 0 Å². The van der Waals surface area contributed by atoms with Crippen molar-refractivity contribution in [2.75, 3.05) is 26.7 Å². The number of aromatic nitrogens is 2. The summed E-state index contributed by atoms with van der Waals surface area (Å²) in [6.45, 7) is 4.90. The Morgan fingerprint density at radius 1 is 1.45 bits per heavy atom. The zero-order valence-corrected chi connectivity index (χ0v) is 12.9. The van der Waals surface area contributed by atoms with Crippen molar-refractivity contribution in [3.63, 3.8) is 0 Å². The van der Waals surface area contributed by atoms with E-state index in [1.54, 1.807) is 0 Å². The second-order valence-electron chi connectivity index (χ2n) is 5.44. The average molecular weight is 291 g/mol. The first-order valence-electron chi connectivity index (χ1n) is 7.25. The van der Waals surface area contributed by atoms with Crippen LogP contribution in [-0.4, -0.2) is 41.2 Å². The van der Waals surface area contributed by atoms with Crippen molar-refractivity contribution in [2.45, 2.75) is 25.8 Å². The lowest BCUT2D eigenvalue weighted by Gasteiger charge is -2.30. The number of hydrogen-bond donors (Lipinski definition) is 1. The average Bonchev–Trinajstić information content (AvgIpc) is 2.76. The fourth-order valence-corrected chi connectivity index (χ4v) is 3.46. The van der Waals surface area contributed by atoms with Gasteiger partial charge in [-0.05, 0) is 57.7 Å². The van der Waals surface area contributed by atoms with Gasteiger partial charge in [-0.2, -0.15) is 0 Å². The molecule has 1 saturated heterocycles. The van der Waals surface area contributed by atoms with Gasteiger partial charge >= 0.3 is 0 Å². The predicted octanol–water partition coefficient (Wildman–Crippen LogP) is 3.36. The molecule has 4 nitrogen and oxygen atoms in total. The molecule has 1 aliphatic rings. The third-order valence-electron chi connectivity index (χ3n) is 3.98. The van der Waals surface area contributed by atoms with Crippen LogP contribution in [0.2, 0.25) is 0 Å². The summed E-state index contributed by atoms with van der Waals surface area (Å²) in [5, 5.41) is 0. The number of piperidine rings is 1. The highest BCUT2D eigenvalue weighted by molar-refractivity contribution is 7.71. The van der Waals surface area contributed by atoms with Crippen molar-refractivity contribution in [1.29, 1.82) is 0 Å². The normalized spacial score (nSPS) is 20.4. The van der Waals surface area contributed by atoms with Crippen molar-refractivity contribution in [2.24, 2.45) is 0 Å². The number of nitrogens with zero attached hydrogens (tertiary/aromatic N) is 2. The molecule has 0 saturated carbocycles. The summed E-state index contributed by atoms with van der Waals surface area (Å²) >= 11 is 5.55. The Labute approximate surface area is 124 Å². The van der Waals surface area contributed by atoms with E-state index in [2.05, 4.69) is 27.6 Å². The first-order valence-corrected chi connectivity index (χ1v) is 7.66. The molecule has 1 atom stereocenters. The number of aromatic amines is 1. The number of likely N-dealkylation sites (N-methyl/N-ethyl adjacent to an activating group) is 1. The number of likely N-dealkylation sites (tertiary alicyclic amines) is 1. The second kappa shape index (κ2) is 5.58. The molecule has 2 aromatic rings. The molecule has 1 aliphatic heterocycles. The molecule has 0 bridgehead atoms. The number of fused-ring (bicyclic) bond motifs is 1. The van der Waals surface area contributed by atoms with Gasteiger partial charge in [-0.15, -0.1) is 0 Å². The van der Waals surface area contributed by atoms with E-state index in [0.29, 0.717) is 12.6 Å². The Hall–Kier alpha value is -1.33. The maximum Gasteiger partial charge on any atom is 0.178 e. The van der Waals surface area contributed by atoms with Crippen molar-refractivity contribution < 1.29 is 4.74 Å². The van der Waals surface area contributed by atoms with Gasteiger partial charge in [0.2, 0.25) is 0 Å². The van der Waals surface area contributed by atoms with E-state index in [1.165, 1.54) is 19.4 Å². The van der Waals surface area contributed by atoms with Crippen molar-refractivity contribution >= 4 is 23.3 Å². The number of imidazole rings is 1. The van der Waals surface area contributed by atoms with Gasteiger partial charge in [0.05, 0.1) is 12.1 Å². The maximum absolute atomic E-state index is 5.69. The van der Waals surface area contributed by atoms with Crippen LogP contribution < -0.4 is 4.74 Å². The Bertz CT molecular complexity index is 661. The molecule has 1 fully saturated rings. The molecule has 1 aromatic heterocycles. The smallest absolute Gasteiger partial charge is 0.178 e. The molecular formula is C15H21N3OS. The van der Waals surface area contributed by atoms with Crippen molar-refractivity contribution in [3.8, 4) is 5.75 Å². The van der Waals surface area contributed by atoms with E-state index < -0.39 is 0 Å². The Kier molecular flexibility index (Phi) is 3.81. The van der Waals surface area contributed by atoms with Gasteiger partial charge in [-0.1, -0.05) is 6.07 Å². The minimum Gasteiger partial charge on any atom is -0.492 e. The van der Waals surface area contributed by atoms with E-state index in [-0.39, 0.29) is 0 Å². The molecule has 2 heterocycles. The molecule has 108 valence electrons. The number of H-pyrrole nitrogens is 1. The number of hydrogen-bond acceptors (Lipinski definition) is 3. The first-order chi connectivity index (χ1) is 9.70. The summed E-state index contributed by atoms with van der Waals surface area (Å²) in [5.41, 5.74) is 2.17. The minimum absolute atomic E-state index is 0.451. The van der Waals surface area contributed by atoms with Gasteiger partial charge in [0.1, 0.15) is 11.3 Å². The van der Waals surface area contributed by atoms with Crippen LogP contribution >= 0.6 is 12.2 Å². The molecule has 0 amide bonds. The van der Waals surface area contributed by atoms with Crippen molar-refractivity contribution in [3.05, 3.63) is 23.0 Å². The van der Waals surface area contributed by atoms with E-state index in [4.69, 9.17) is 17.0 Å². The van der Waals surface area contributed by atoms with Crippen LogP contribution in [0.15, 0.2) is 18.2 Å². The van der Waals surface area contributed by atoms with Crippen LogP contribution in [0.3, 0.4) is 0 Å². The summed E-state index contributed by atoms with van der Waals surface area (Å²) in [6.07, 6.45) is 2.41. The lowest BCUT2D eigenvalue weighted by atomic mass is 10.1. The Balaban J connectivity index is 2.09. The van der Waals surface area contributed by atoms with E-state index in [9.17, 15) is 0 Å². The maximum atomic E-state index is 5.69. The summed E-state index contributed by atoms with van der Waals surface area (Å²) in [7, 11) is 2.18. The molecule has 1 N–H and O–H groups in total. The van der Waals surface area contributed by atoms with Crippen LogP contribution in [0.1, 0.15) is 25.8 Å². The zero-order valence-electron chi connectivity index (χ0n) is 12.1. The molecule has 3 rings (SSSR count). The standard InChI is InChI=1S/C15H21N3OS/c1-3-19-13-8-4-7-12-14(13)16-15(20)18(12)11-6-5-9-17(2)10-11/h4,7-8,11H,3,5-6,9-10H2,1-2H3,(H,16,20). The lowest BCUT2D eigenvalue weighted by molar-refractivity contribution is 0.214. The molecule has 20 heavy (non-hydrogen) atoms. The van der Waals surface area contributed by atoms with E-state index >= 15 is 0 Å². The number of rotatable bonds is 3. The molecular weight excluding hydrogens is 270 g/mol. The quantitative estimate of drug-likeness (QED) is 0.880. The first kappa shape index (κ1) is 13.6. The lowest BCUT2D eigenvalue weighted by Crippen LogP contribution is -2.33. The number of benzene rings is 1. The summed E-state index contributed by atoms with van der Waals surface area (Å²) in [5.74, 6) is 0.888. The van der Waals surface area contributed by atoms with Gasteiger partial charge in [0, 0.05) is 12.6 Å². The van der Waals surface area contributed by atoms with Crippen LogP contribution in [0.25, 0.3) is 11.0 Å². The fourth-order valence-electron chi connectivity index (χ4n) is 3.11. The Morgan fingerprint density at radius 3 is 3.05 bits per heavy atom. The number of para-hydroxylation sites is 1. The van der Waals surface area contributed by atoms with Crippen LogP contribution in [0.4, 0.5) is 0 Å². The van der Waals surface area contributed by atoms with Crippen LogP contribution in [-0.2, 0) is 0 Å². The van der Waals surface area contributed by atoms with E-state index in [1.807, 2.05) is 19.1 Å². The molecule has 0 radical (unpaired) electrons. The summed E-state index contributed by atoms with van der Waals surface area (Å²) in [4.78, 5) is 5.70. The molecule has 1 unspecified atom stereocenters. The largest absolute Gasteiger partial charge is 0.492 e. The molecule has 1 aromatic carbocycles. The minimum atomic E-state index is 0.451. The zero-order chi connectivity index (χ0) is 14.1. The number of nitrogens with one attached hydrogen (secondary N) is 1. The highest BCUT2D eigenvalue weighted by Crippen LogP contribution is 2.30. The monoisotopic (exact) mass is 291 g/mol. The van der Waals surface area contributed by atoms with Crippen LogP contribution in [0, 0.1) is 4.77 Å². The van der Waals surface area contributed by atoms with Gasteiger partial charge in [0.25, 0.3) is 0 Å². The predicted molar refractivity (Wildman–Crippen MR) is 84.1 cm³/mol. The second-order valence-corrected chi connectivity index (χ2v) is 5.83. The number of ether oxygens (including phenoxy) is 1. The molecule has 0 spiro atoms. The van der Waals surface area contributed by atoms with E-state index in [0.717, 1.165) is 28.1 Å². The third kappa shape index (κ3) is 2.36. The highest BCUT2D eigenvalue weighted by Gasteiger charge is 2.22.